The van der Waals surface area contributed by atoms with Crippen LogP contribution in [0.2, 0.25) is 0 Å². The van der Waals surface area contributed by atoms with E-state index in [-0.39, 0.29) is 18.6 Å². The first kappa shape index (κ1) is 24.7. The number of alkyl carbamates (subject to hydrolysis) is 1. The number of fused-ring (bicyclic) bond motifs is 3. The van der Waals surface area contributed by atoms with Crippen LogP contribution in [0.15, 0.2) is 48.5 Å². The molecule has 2 aromatic rings. The van der Waals surface area contributed by atoms with E-state index in [1.165, 1.54) is 7.11 Å². The van der Waals surface area contributed by atoms with Gasteiger partial charge in [0.25, 0.3) is 0 Å². The second kappa shape index (κ2) is 10.9. The molecule has 0 heterocycles. The van der Waals surface area contributed by atoms with Crippen molar-refractivity contribution >= 4 is 18.0 Å². The molecule has 0 spiro atoms. The summed E-state index contributed by atoms with van der Waals surface area (Å²) in [6.45, 7) is 1.83. The predicted molar refractivity (Wildman–Crippen MR) is 130 cm³/mol. The Morgan fingerprint density at radius 1 is 1.03 bits per heavy atom. The predicted octanol–water partition coefficient (Wildman–Crippen LogP) is 3.69. The zero-order chi connectivity index (χ0) is 24.9. The van der Waals surface area contributed by atoms with Gasteiger partial charge in [0.15, 0.2) is 0 Å². The zero-order valence-corrected chi connectivity index (χ0v) is 20.0. The number of carboxylic acids is 1. The normalized spacial score (nSPS) is 20.7. The van der Waals surface area contributed by atoms with Gasteiger partial charge in [-0.1, -0.05) is 55.0 Å². The number of hydrogen-bond acceptors (Lipinski definition) is 5. The average Bonchev–Trinajstić information content (AvgIpc) is 3.19. The molecule has 35 heavy (non-hydrogen) atoms. The van der Waals surface area contributed by atoms with Crippen LogP contribution in [0.4, 0.5) is 4.79 Å². The van der Waals surface area contributed by atoms with E-state index in [0.29, 0.717) is 19.3 Å². The summed E-state index contributed by atoms with van der Waals surface area (Å²) in [5.41, 5.74) is 4.47. The summed E-state index contributed by atoms with van der Waals surface area (Å²) in [6.07, 6.45) is 1.11. The number of rotatable bonds is 8. The number of methoxy groups -OCH3 is 1. The summed E-state index contributed by atoms with van der Waals surface area (Å²) in [5.74, 6) is -1.82. The molecular weight excluding hydrogens is 448 g/mol. The topological polar surface area (TPSA) is 114 Å². The number of carboxylic acid groups (broad SMARTS) is 1. The quantitative estimate of drug-likeness (QED) is 0.531. The first-order chi connectivity index (χ1) is 16.9. The highest BCUT2D eigenvalue weighted by molar-refractivity contribution is 5.86. The minimum atomic E-state index is -0.971. The molecule has 4 atom stereocenters. The number of carbonyl (C=O) groups is 3. The van der Waals surface area contributed by atoms with Gasteiger partial charge in [-0.25, -0.2) is 4.79 Å². The van der Waals surface area contributed by atoms with Gasteiger partial charge < -0.3 is 25.2 Å². The average molecular weight is 481 g/mol. The van der Waals surface area contributed by atoms with Crippen LogP contribution in [0.25, 0.3) is 11.1 Å². The Balaban J connectivity index is 1.39. The molecule has 2 aliphatic rings. The van der Waals surface area contributed by atoms with E-state index < -0.39 is 36.0 Å². The maximum atomic E-state index is 13.0. The molecular formula is C27H32N2O6. The molecule has 2 aliphatic carbocycles. The van der Waals surface area contributed by atoms with Crippen molar-refractivity contribution in [3.8, 4) is 11.1 Å². The van der Waals surface area contributed by atoms with Gasteiger partial charge in [0.1, 0.15) is 12.6 Å². The van der Waals surface area contributed by atoms with Crippen LogP contribution in [0.5, 0.6) is 0 Å². The SMILES string of the molecule is CO[C@H](C)[C@H](NC(=O)OCC1c2ccccc2-c2ccccc21)C(=O)N[C@H]1CCC[C@@H](C(=O)O)C1. The van der Waals surface area contributed by atoms with Gasteiger partial charge in [-0.05, 0) is 48.4 Å². The van der Waals surface area contributed by atoms with Crippen molar-refractivity contribution in [3.63, 3.8) is 0 Å². The second-order valence-electron chi connectivity index (χ2n) is 9.30. The lowest BCUT2D eigenvalue weighted by molar-refractivity contribution is -0.143. The molecule has 1 fully saturated rings. The molecule has 1 saturated carbocycles. The third-order valence-electron chi connectivity index (χ3n) is 7.11. The van der Waals surface area contributed by atoms with Gasteiger partial charge in [0.2, 0.25) is 5.91 Å². The number of benzene rings is 2. The van der Waals surface area contributed by atoms with Crippen molar-refractivity contribution in [1.29, 1.82) is 0 Å². The molecule has 0 unspecified atom stereocenters. The van der Waals surface area contributed by atoms with E-state index in [0.717, 1.165) is 28.7 Å². The molecule has 0 aromatic heterocycles. The summed E-state index contributed by atoms with van der Waals surface area (Å²) in [4.78, 5) is 37.1. The fraction of sp³-hybridized carbons (Fsp3) is 0.444. The molecule has 8 heteroatoms. The monoisotopic (exact) mass is 480 g/mol. The van der Waals surface area contributed by atoms with Gasteiger partial charge in [-0.3, -0.25) is 9.59 Å². The molecule has 8 nitrogen and oxygen atoms in total. The Bertz CT molecular complexity index is 1040. The third-order valence-corrected chi connectivity index (χ3v) is 7.11. The van der Waals surface area contributed by atoms with Gasteiger partial charge in [0, 0.05) is 19.1 Å². The number of carbonyl (C=O) groups excluding carboxylic acids is 2. The number of amides is 2. The molecule has 0 bridgehead atoms. The highest BCUT2D eigenvalue weighted by atomic mass is 16.5. The standard InChI is InChI=1S/C27H32N2O6/c1-16(34-2)24(25(30)28-18-9-7-8-17(14-18)26(31)32)29-27(33)35-15-23-21-12-5-3-10-19(21)20-11-4-6-13-22(20)23/h3-6,10-13,16-18,23-24H,7-9,14-15H2,1-2H3,(H,28,30)(H,29,33)(H,31,32)/t16-,17-,18+,24+/m1/s1. The Labute approximate surface area is 205 Å². The Morgan fingerprint density at radius 3 is 2.26 bits per heavy atom. The number of aliphatic carboxylic acids is 1. The maximum Gasteiger partial charge on any atom is 0.407 e. The Morgan fingerprint density at radius 2 is 1.66 bits per heavy atom. The lowest BCUT2D eigenvalue weighted by atomic mass is 9.85. The van der Waals surface area contributed by atoms with Crippen molar-refractivity contribution in [1.82, 2.24) is 10.6 Å². The fourth-order valence-electron chi connectivity index (χ4n) is 5.14. The van der Waals surface area contributed by atoms with Crippen LogP contribution in [0.3, 0.4) is 0 Å². The molecule has 0 saturated heterocycles. The van der Waals surface area contributed by atoms with E-state index in [1.807, 2.05) is 36.4 Å². The molecule has 186 valence electrons. The lowest BCUT2D eigenvalue weighted by Gasteiger charge is -2.30. The van der Waals surface area contributed by atoms with Gasteiger partial charge in [-0.15, -0.1) is 0 Å². The van der Waals surface area contributed by atoms with Crippen molar-refractivity contribution in [2.45, 2.75) is 56.7 Å². The largest absolute Gasteiger partial charge is 0.481 e. The molecule has 0 aliphatic heterocycles. The number of nitrogens with one attached hydrogen (secondary N) is 2. The molecule has 0 radical (unpaired) electrons. The van der Waals surface area contributed by atoms with Gasteiger partial charge in [-0.2, -0.15) is 0 Å². The number of hydrogen-bond donors (Lipinski definition) is 3. The van der Waals surface area contributed by atoms with Crippen LogP contribution in [-0.4, -0.2) is 55.0 Å². The van der Waals surface area contributed by atoms with Crippen molar-refractivity contribution < 1.29 is 29.0 Å². The molecule has 2 amide bonds. The zero-order valence-electron chi connectivity index (χ0n) is 20.0. The van der Waals surface area contributed by atoms with E-state index >= 15 is 0 Å². The highest BCUT2D eigenvalue weighted by Gasteiger charge is 2.34. The maximum absolute atomic E-state index is 13.0. The van der Waals surface area contributed by atoms with Gasteiger partial charge in [0.05, 0.1) is 12.0 Å². The summed E-state index contributed by atoms with van der Waals surface area (Å²) in [6, 6.07) is 14.9. The smallest absolute Gasteiger partial charge is 0.407 e. The van der Waals surface area contributed by atoms with Crippen LogP contribution in [0.1, 0.15) is 49.7 Å². The summed E-state index contributed by atoms with van der Waals surface area (Å²) in [7, 11) is 1.46. The van der Waals surface area contributed by atoms with E-state index in [2.05, 4.69) is 22.8 Å². The van der Waals surface area contributed by atoms with E-state index in [1.54, 1.807) is 6.92 Å². The van der Waals surface area contributed by atoms with Crippen molar-refractivity contribution in [3.05, 3.63) is 59.7 Å². The van der Waals surface area contributed by atoms with Crippen LogP contribution >= 0.6 is 0 Å². The number of ether oxygens (including phenoxy) is 2. The molecule has 2 aromatic carbocycles. The second-order valence-corrected chi connectivity index (χ2v) is 9.30. The lowest BCUT2D eigenvalue weighted by Crippen LogP contribution is -2.55. The summed E-state index contributed by atoms with van der Waals surface area (Å²) < 4.78 is 10.9. The van der Waals surface area contributed by atoms with Crippen LogP contribution in [-0.2, 0) is 19.1 Å². The van der Waals surface area contributed by atoms with E-state index in [9.17, 15) is 19.5 Å². The summed E-state index contributed by atoms with van der Waals surface area (Å²) >= 11 is 0. The van der Waals surface area contributed by atoms with Crippen LogP contribution < -0.4 is 10.6 Å². The van der Waals surface area contributed by atoms with E-state index in [4.69, 9.17) is 9.47 Å². The third kappa shape index (κ3) is 5.48. The van der Waals surface area contributed by atoms with Crippen molar-refractivity contribution in [2.75, 3.05) is 13.7 Å². The fourth-order valence-corrected chi connectivity index (χ4v) is 5.14. The van der Waals surface area contributed by atoms with Gasteiger partial charge >= 0.3 is 12.1 Å². The molecule has 4 rings (SSSR count). The first-order valence-corrected chi connectivity index (χ1v) is 12.1. The summed E-state index contributed by atoms with van der Waals surface area (Å²) in [5, 5.41) is 14.9. The first-order valence-electron chi connectivity index (χ1n) is 12.1. The van der Waals surface area contributed by atoms with Crippen LogP contribution in [0, 0.1) is 5.92 Å². The Kier molecular flexibility index (Phi) is 7.70. The Hall–Kier alpha value is -3.39. The molecule has 3 N–H and O–H groups in total. The van der Waals surface area contributed by atoms with Crippen molar-refractivity contribution in [2.24, 2.45) is 5.92 Å². The minimum Gasteiger partial charge on any atom is -0.481 e. The minimum absolute atomic E-state index is 0.0875. The highest BCUT2D eigenvalue weighted by Crippen LogP contribution is 2.44.